The predicted molar refractivity (Wildman–Crippen MR) is 99.7 cm³/mol. The molecule has 130 valence electrons. The van der Waals surface area contributed by atoms with Crippen LogP contribution in [0.3, 0.4) is 0 Å². The summed E-state index contributed by atoms with van der Waals surface area (Å²) >= 11 is 16.9. The van der Waals surface area contributed by atoms with Crippen LogP contribution < -0.4 is 15.4 Å². The molecule has 0 aliphatic rings. The number of carboxylic acids is 1. The molecule has 9 heteroatoms. The normalized spacial score (nSPS) is 10.0. The number of amides is 1. The Kier molecular flexibility index (Phi) is 6.58. The Labute approximate surface area is 158 Å². The minimum absolute atomic E-state index is 0.0306. The molecule has 2 rings (SSSR count). The van der Waals surface area contributed by atoms with Crippen LogP contribution in [0.1, 0.15) is 10.4 Å². The fraction of sp³-hybridized carbons (Fsp3) is 0.0625. The molecular formula is C16H12Cl2N2O4S. The van der Waals surface area contributed by atoms with E-state index in [9.17, 15) is 9.59 Å². The van der Waals surface area contributed by atoms with Gasteiger partial charge in [0, 0.05) is 0 Å². The smallest absolute Gasteiger partial charge is 0.335 e. The van der Waals surface area contributed by atoms with Gasteiger partial charge in [0.05, 0.1) is 21.3 Å². The van der Waals surface area contributed by atoms with E-state index in [0.717, 1.165) is 0 Å². The highest BCUT2D eigenvalue weighted by molar-refractivity contribution is 7.80. The number of hydrogen-bond acceptors (Lipinski definition) is 4. The van der Waals surface area contributed by atoms with Crippen LogP contribution in [0.25, 0.3) is 0 Å². The number of carbonyl (C=O) groups excluding carboxylic acids is 1. The van der Waals surface area contributed by atoms with Crippen LogP contribution >= 0.6 is 35.4 Å². The summed E-state index contributed by atoms with van der Waals surface area (Å²) in [6.07, 6.45) is 0. The third-order valence-electron chi connectivity index (χ3n) is 2.91. The molecule has 0 heterocycles. The van der Waals surface area contributed by atoms with E-state index in [1.165, 1.54) is 18.2 Å². The van der Waals surface area contributed by atoms with Gasteiger partial charge < -0.3 is 15.2 Å². The van der Waals surface area contributed by atoms with E-state index in [2.05, 4.69) is 10.6 Å². The molecule has 6 nitrogen and oxygen atoms in total. The van der Waals surface area contributed by atoms with Gasteiger partial charge in [-0.15, -0.1) is 0 Å². The molecule has 0 fully saturated rings. The first-order valence-corrected chi connectivity index (χ1v) is 8.04. The minimum Gasteiger partial charge on any atom is -0.482 e. The Morgan fingerprint density at radius 3 is 2.52 bits per heavy atom. The van der Waals surface area contributed by atoms with Crippen molar-refractivity contribution in [1.82, 2.24) is 5.32 Å². The lowest BCUT2D eigenvalue weighted by molar-refractivity contribution is -0.121. The molecular weight excluding hydrogens is 387 g/mol. The first kappa shape index (κ1) is 19.0. The molecule has 0 aliphatic heterocycles. The van der Waals surface area contributed by atoms with Crippen LogP contribution in [0.4, 0.5) is 5.69 Å². The summed E-state index contributed by atoms with van der Waals surface area (Å²) in [5, 5.41) is 14.6. The summed E-state index contributed by atoms with van der Waals surface area (Å²) in [7, 11) is 0. The van der Waals surface area contributed by atoms with Gasteiger partial charge in [-0.2, -0.15) is 0 Å². The second-order valence-corrected chi connectivity index (χ2v) is 5.94. The highest BCUT2D eigenvalue weighted by Crippen LogP contribution is 2.24. The van der Waals surface area contributed by atoms with Crippen LogP contribution in [0.15, 0.2) is 42.5 Å². The third kappa shape index (κ3) is 5.60. The molecule has 0 unspecified atom stereocenters. The Morgan fingerprint density at radius 1 is 1.12 bits per heavy atom. The molecule has 0 bridgehead atoms. The zero-order valence-corrected chi connectivity index (χ0v) is 14.9. The van der Waals surface area contributed by atoms with Crippen LogP contribution in [0.5, 0.6) is 5.75 Å². The number of ether oxygens (including phenoxy) is 1. The standard InChI is InChI=1S/C16H12Cl2N2O4S/c17-10-6-5-9(15(22)23)7-12(10)19-16(25)20-14(21)8-24-13-4-2-1-3-11(13)18/h1-7H,8H2,(H,22,23)(H2,19,20,21,25). The lowest BCUT2D eigenvalue weighted by Crippen LogP contribution is -2.37. The topological polar surface area (TPSA) is 87.7 Å². The molecule has 0 radical (unpaired) electrons. The van der Waals surface area contributed by atoms with E-state index >= 15 is 0 Å². The van der Waals surface area contributed by atoms with Crippen molar-refractivity contribution >= 4 is 58.1 Å². The molecule has 25 heavy (non-hydrogen) atoms. The first-order chi connectivity index (χ1) is 11.9. The number of para-hydroxylation sites is 1. The van der Waals surface area contributed by atoms with E-state index < -0.39 is 11.9 Å². The van der Waals surface area contributed by atoms with Crippen molar-refractivity contribution in [3.05, 3.63) is 58.1 Å². The lowest BCUT2D eigenvalue weighted by atomic mass is 10.2. The van der Waals surface area contributed by atoms with Gasteiger partial charge in [0.1, 0.15) is 5.75 Å². The van der Waals surface area contributed by atoms with Crippen molar-refractivity contribution in [3.8, 4) is 5.75 Å². The first-order valence-electron chi connectivity index (χ1n) is 6.88. The third-order valence-corrected chi connectivity index (χ3v) is 3.76. The number of rotatable bonds is 5. The van der Waals surface area contributed by atoms with Crippen molar-refractivity contribution in [3.63, 3.8) is 0 Å². The van der Waals surface area contributed by atoms with Gasteiger partial charge in [-0.1, -0.05) is 35.3 Å². The van der Waals surface area contributed by atoms with Crippen molar-refractivity contribution in [2.45, 2.75) is 0 Å². The minimum atomic E-state index is -1.11. The Hall–Kier alpha value is -2.35. The summed E-state index contributed by atoms with van der Waals surface area (Å²) in [4.78, 5) is 22.8. The Balaban J connectivity index is 1.92. The second kappa shape index (κ2) is 8.66. The van der Waals surface area contributed by atoms with Crippen molar-refractivity contribution in [2.24, 2.45) is 0 Å². The fourth-order valence-corrected chi connectivity index (χ4v) is 2.35. The number of carboxylic acid groups (broad SMARTS) is 1. The predicted octanol–water partition coefficient (Wildman–Crippen LogP) is 3.58. The highest BCUT2D eigenvalue weighted by atomic mass is 35.5. The summed E-state index contributed by atoms with van der Waals surface area (Å²) in [5.74, 6) is -1.25. The fourth-order valence-electron chi connectivity index (χ4n) is 1.78. The number of carbonyl (C=O) groups is 2. The average molecular weight is 399 g/mol. The van der Waals surface area contributed by atoms with Crippen molar-refractivity contribution < 1.29 is 19.4 Å². The van der Waals surface area contributed by atoms with Crippen LogP contribution in [0, 0.1) is 0 Å². The molecule has 0 saturated heterocycles. The second-order valence-electron chi connectivity index (χ2n) is 4.72. The average Bonchev–Trinajstić information content (AvgIpc) is 2.55. The summed E-state index contributed by atoms with van der Waals surface area (Å²) in [6, 6.07) is 10.8. The summed E-state index contributed by atoms with van der Waals surface area (Å²) < 4.78 is 5.29. The van der Waals surface area contributed by atoms with Gasteiger partial charge in [-0.05, 0) is 42.5 Å². The van der Waals surface area contributed by atoms with Crippen LogP contribution in [0.2, 0.25) is 10.0 Å². The molecule has 3 N–H and O–H groups in total. The van der Waals surface area contributed by atoms with E-state index in [-0.39, 0.29) is 28.0 Å². The zero-order valence-electron chi connectivity index (χ0n) is 12.6. The number of halogens is 2. The van der Waals surface area contributed by atoms with Crippen LogP contribution in [-0.2, 0) is 4.79 Å². The monoisotopic (exact) mass is 398 g/mol. The van der Waals surface area contributed by atoms with Gasteiger partial charge in [-0.25, -0.2) is 4.79 Å². The van der Waals surface area contributed by atoms with Crippen molar-refractivity contribution in [2.75, 3.05) is 11.9 Å². The van der Waals surface area contributed by atoms with E-state index in [0.29, 0.717) is 10.8 Å². The lowest BCUT2D eigenvalue weighted by Gasteiger charge is -2.12. The van der Waals surface area contributed by atoms with Gasteiger partial charge in [0.2, 0.25) is 0 Å². The van der Waals surface area contributed by atoms with Crippen LogP contribution in [-0.4, -0.2) is 28.7 Å². The summed E-state index contributed by atoms with van der Waals surface area (Å²) in [6.45, 7) is -0.297. The van der Waals surface area contributed by atoms with Crippen molar-refractivity contribution in [1.29, 1.82) is 0 Å². The molecule has 1 amide bonds. The maximum absolute atomic E-state index is 11.9. The quantitative estimate of drug-likeness (QED) is 0.667. The van der Waals surface area contributed by atoms with Gasteiger partial charge in [0.25, 0.3) is 5.91 Å². The highest BCUT2D eigenvalue weighted by Gasteiger charge is 2.11. The SMILES string of the molecule is O=C(COc1ccccc1Cl)NC(=S)Nc1cc(C(=O)O)ccc1Cl. The summed E-state index contributed by atoms with van der Waals surface area (Å²) in [5.41, 5.74) is 0.293. The number of nitrogens with one attached hydrogen (secondary N) is 2. The van der Waals surface area contributed by atoms with Gasteiger partial charge >= 0.3 is 5.97 Å². The Bertz CT molecular complexity index is 830. The van der Waals surface area contributed by atoms with Gasteiger partial charge in [-0.3, -0.25) is 10.1 Å². The molecule has 2 aromatic carbocycles. The molecule has 0 aromatic heterocycles. The van der Waals surface area contributed by atoms with E-state index in [4.69, 9.17) is 45.3 Å². The number of anilines is 1. The molecule has 0 spiro atoms. The maximum atomic E-state index is 11.9. The maximum Gasteiger partial charge on any atom is 0.335 e. The number of benzene rings is 2. The number of aromatic carboxylic acids is 1. The van der Waals surface area contributed by atoms with Gasteiger partial charge in [0.15, 0.2) is 11.7 Å². The van der Waals surface area contributed by atoms with E-state index in [1.807, 2.05) is 0 Å². The molecule has 2 aromatic rings. The zero-order chi connectivity index (χ0) is 18.4. The molecule has 0 aliphatic carbocycles. The Morgan fingerprint density at radius 2 is 1.84 bits per heavy atom. The number of thiocarbonyl (C=S) groups is 1. The largest absolute Gasteiger partial charge is 0.482 e. The molecule has 0 atom stereocenters. The number of hydrogen-bond donors (Lipinski definition) is 3. The van der Waals surface area contributed by atoms with E-state index in [1.54, 1.807) is 24.3 Å². The molecule has 0 saturated carbocycles.